The van der Waals surface area contributed by atoms with Gasteiger partial charge in [0.1, 0.15) is 35.2 Å². The summed E-state index contributed by atoms with van der Waals surface area (Å²) < 4.78 is 39.2. The first-order valence-electron chi connectivity index (χ1n) is 9.74. The smallest absolute Gasteiger partial charge is 0.262 e. The van der Waals surface area contributed by atoms with Crippen LogP contribution in [0.3, 0.4) is 0 Å². The number of aromatic amines is 1. The molecule has 160 valence electrons. The molecule has 0 aliphatic carbocycles. The Balaban J connectivity index is 1.70. The Morgan fingerprint density at radius 2 is 1.73 bits per heavy atom. The number of hydrogen-bond donors (Lipinski definition) is 1. The number of nitrogens with zero attached hydrogens (tertiary/aromatic N) is 1. The van der Waals surface area contributed by atoms with Crippen LogP contribution in [-0.4, -0.2) is 31.5 Å². The third kappa shape index (κ3) is 4.76. The molecule has 0 aliphatic heterocycles. The molecule has 0 spiro atoms. The van der Waals surface area contributed by atoms with Crippen LogP contribution in [0, 0.1) is 11.6 Å². The Morgan fingerprint density at radius 3 is 2.37 bits per heavy atom. The molecule has 1 heterocycles. The fourth-order valence-corrected chi connectivity index (χ4v) is 3.74. The van der Waals surface area contributed by atoms with Gasteiger partial charge >= 0.3 is 0 Å². The number of halogens is 2. The van der Waals surface area contributed by atoms with Crippen LogP contribution in [0.2, 0.25) is 18.1 Å². The van der Waals surface area contributed by atoms with Gasteiger partial charge in [0.2, 0.25) is 0 Å². The van der Waals surface area contributed by atoms with Crippen molar-refractivity contribution in [3.05, 3.63) is 58.4 Å². The summed E-state index contributed by atoms with van der Waals surface area (Å²) in [6, 6.07) is 8.65. The first-order valence-corrected chi connectivity index (χ1v) is 12.6. The molecule has 1 aromatic heterocycles. The van der Waals surface area contributed by atoms with Gasteiger partial charge in [-0.3, -0.25) is 4.79 Å². The normalized spacial score (nSPS) is 12.4. The van der Waals surface area contributed by atoms with E-state index in [2.05, 4.69) is 43.8 Å². The van der Waals surface area contributed by atoms with Gasteiger partial charge in [0.05, 0.1) is 12.1 Å². The minimum Gasteiger partial charge on any atom is -0.491 e. The van der Waals surface area contributed by atoms with E-state index in [9.17, 15) is 13.6 Å². The molecule has 3 aromatic rings. The van der Waals surface area contributed by atoms with Crippen LogP contribution in [-0.2, 0) is 4.43 Å². The summed E-state index contributed by atoms with van der Waals surface area (Å²) in [6.45, 7) is 11.9. The van der Waals surface area contributed by atoms with E-state index in [1.54, 1.807) is 24.3 Å². The van der Waals surface area contributed by atoms with Gasteiger partial charge in [0.15, 0.2) is 8.32 Å². The average molecular weight is 433 g/mol. The predicted molar refractivity (Wildman–Crippen MR) is 116 cm³/mol. The van der Waals surface area contributed by atoms with Crippen molar-refractivity contribution in [2.45, 2.75) is 38.9 Å². The highest BCUT2D eigenvalue weighted by molar-refractivity contribution is 6.74. The lowest BCUT2D eigenvalue weighted by Gasteiger charge is -2.36. The predicted octanol–water partition coefficient (Wildman–Crippen LogP) is 5.27. The highest BCUT2D eigenvalue weighted by Crippen LogP contribution is 2.36. The fourth-order valence-electron chi connectivity index (χ4n) is 2.71. The van der Waals surface area contributed by atoms with Crippen molar-refractivity contribution in [1.82, 2.24) is 9.97 Å². The second-order valence-corrected chi connectivity index (χ2v) is 13.5. The minimum absolute atomic E-state index is 0.0330. The molecule has 0 bridgehead atoms. The standard InChI is InChI=1S/C22H26F2N2O3Si/c1-22(2,3)30(4,5)29-11-10-28-16-8-6-14(7-9-16)20-25-18-13-15(23)12-17(24)19(18)21(27)26-20/h6-9,12-13H,10-11H2,1-5H3,(H,25,26,27). The number of rotatable bonds is 6. The van der Waals surface area contributed by atoms with Crippen molar-refractivity contribution in [2.24, 2.45) is 0 Å². The Hall–Kier alpha value is -2.58. The number of ether oxygens (including phenoxy) is 1. The number of nitrogens with one attached hydrogen (secondary N) is 1. The number of benzene rings is 2. The molecule has 0 saturated carbocycles. The van der Waals surface area contributed by atoms with E-state index < -0.39 is 25.5 Å². The topological polar surface area (TPSA) is 64.2 Å². The summed E-state index contributed by atoms with van der Waals surface area (Å²) in [5.41, 5.74) is -0.0893. The Bertz CT molecular complexity index is 1110. The molecule has 0 fully saturated rings. The molecular weight excluding hydrogens is 406 g/mol. The van der Waals surface area contributed by atoms with Crippen LogP contribution in [0.25, 0.3) is 22.3 Å². The van der Waals surface area contributed by atoms with Crippen molar-refractivity contribution in [2.75, 3.05) is 13.2 Å². The van der Waals surface area contributed by atoms with Gasteiger partial charge in [-0.2, -0.15) is 0 Å². The maximum absolute atomic E-state index is 13.9. The van der Waals surface area contributed by atoms with Gasteiger partial charge in [-0.1, -0.05) is 20.8 Å². The summed E-state index contributed by atoms with van der Waals surface area (Å²) in [7, 11) is -1.81. The van der Waals surface area contributed by atoms with Crippen LogP contribution >= 0.6 is 0 Å². The van der Waals surface area contributed by atoms with Crippen molar-refractivity contribution in [3.8, 4) is 17.1 Å². The number of fused-ring (bicyclic) bond motifs is 1. The molecular formula is C22H26F2N2O3Si. The zero-order chi connectivity index (χ0) is 22.1. The van der Waals surface area contributed by atoms with Crippen LogP contribution in [0.1, 0.15) is 20.8 Å². The molecule has 5 nitrogen and oxygen atoms in total. The van der Waals surface area contributed by atoms with Gasteiger partial charge in [-0.05, 0) is 42.4 Å². The van der Waals surface area contributed by atoms with Crippen molar-refractivity contribution < 1.29 is 17.9 Å². The number of aromatic nitrogens is 2. The first-order chi connectivity index (χ1) is 14.0. The summed E-state index contributed by atoms with van der Waals surface area (Å²) in [5.74, 6) is -0.843. The molecule has 30 heavy (non-hydrogen) atoms. The van der Waals surface area contributed by atoms with Gasteiger partial charge in [-0.25, -0.2) is 13.8 Å². The van der Waals surface area contributed by atoms with Gasteiger partial charge in [0, 0.05) is 17.7 Å². The third-order valence-corrected chi connectivity index (χ3v) is 10.0. The zero-order valence-electron chi connectivity index (χ0n) is 17.8. The molecule has 1 N–H and O–H groups in total. The Kier molecular flexibility index (Phi) is 6.10. The SMILES string of the molecule is CC(C)(C)[Si](C)(C)OCCOc1ccc(-c2nc3cc(F)cc(F)c3c(=O)[nH]2)cc1. The second-order valence-electron chi connectivity index (χ2n) is 8.68. The van der Waals surface area contributed by atoms with E-state index >= 15 is 0 Å². The lowest BCUT2D eigenvalue weighted by atomic mass is 10.2. The van der Waals surface area contributed by atoms with E-state index in [-0.39, 0.29) is 21.8 Å². The van der Waals surface area contributed by atoms with E-state index in [0.29, 0.717) is 30.6 Å². The maximum atomic E-state index is 13.9. The molecule has 3 rings (SSSR count). The third-order valence-electron chi connectivity index (χ3n) is 5.47. The van der Waals surface area contributed by atoms with Gasteiger partial charge in [-0.15, -0.1) is 0 Å². The van der Waals surface area contributed by atoms with Crippen LogP contribution < -0.4 is 10.3 Å². The van der Waals surface area contributed by atoms with Gasteiger partial charge in [0.25, 0.3) is 5.56 Å². The van der Waals surface area contributed by atoms with Crippen LogP contribution in [0.4, 0.5) is 8.78 Å². The quantitative estimate of drug-likeness (QED) is 0.426. The van der Waals surface area contributed by atoms with E-state index in [4.69, 9.17) is 9.16 Å². The average Bonchev–Trinajstić information content (AvgIpc) is 2.64. The maximum Gasteiger partial charge on any atom is 0.262 e. The molecule has 0 amide bonds. The van der Waals surface area contributed by atoms with Crippen molar-refractivity contribution in [3.63, 3.8) is 0 Å². The molecule has 0 radical (unpaired) electrons. The highest BCUT2D eigenvalue weighted by atomic mass is 28.4. The molecule has 0 unspecified atom stereocenters. The molecule has 8 heteroatoms. The molecule has 2 aromatic carbocycles. The first kappa shape index (κ1) is 22.1. The lowest BCUT2D eigenvalue weighted by Crippen LogP contribution is -2.41. The lowest BCUT2D eigenvalue weighted by molar-refractivity contribution is 0.203. The number of H-pyrrole nitrogens is 1. The summed E-state index contributed by atoms with van der Waals surface area (Å²) in [6.07, 6.45) is 0. The summed E-state index contributed by atoms with van der Waals surface area (Å²) in [5, 5.41) is -0.119. The van der Waals surface area contributed by atoms with Crippen molar-refractivity contribution >= 4 is 19.2 Å². The Morgan fingerprint density at radius 1 is 1.07 bits per heavy atom. The van der Waals surface area contributed by atoms with Crippen molar-refractivity contribution in [1.29, 1.82) is 0 Å². The monoisotopic (exact) mass is 432 g/mol. The Labute approximate surface area is 175 Å². The second kappa shape index (κ2) is 8.27. The summed E-state index contributed by atoms with van der Waals surface area (Å²) >= 11 is 0. The van der Waals surface area contributed by atoms with Crippen LogP contribution in [0.5, 0.6) is 5.75 Å². The number of hydrogen-bond acceptors (Lipinski definition) is 4. The van der Waals surface area contributed by atoms with E-state index in [1.165, 1.54) is 0 Å². The van der Waals surface area contributed by atoms with Crippen LogP contribution in [0.15, 0.2) is 41.2 Å². The molecule has 0 saturated heterocycles. The molecule has 0 atom stereocenters. The minimum atomic E-state index is -1.81. The van der Waals surface area contributed by atoms with Gasteiger partial charge < -0.3 is 14.1 Å². The summed E-state index contributed by atoms with van der Waals surface area (Å²) in [4.78, 5) is 18.9. The fraction of sp³-hybridized carbons (Fsp3) is 0.364. The highest BCUT2D eigenvalue weighted by Gasteiger charge is 2.36. The largest absolute Gasteiger partial charge is 0.491 e. The van der Waals surface area contributed by atoms with E-state index in [1.807, 2.05) is 0 Å². The van der Waals surface area contributed by atoms with E-state index in [0.717, 1.165) is 6.07 Å². The molecule has 0 aliphatic rings. The zero-order valence-corrected chi connectivity index (χ0v) is 18.8.